The van der Waals surface area contributed by atoms with Crippen LogP contribution in [0, 0.1) is 5.82 Å². The molecule has 4 rings (SSSR count). The van der Waals surface area contributed by atoms with Gasteiger partial charge in [-0.15, -0.1) is 0 Å². The predicted molar refractivity (Wildman–Crippen MR) is 101 cm³/mol. The molecule has 0 bridgehead atoms. The molecular weight excluding hydrogens is 345 g/mol. The van der Waals surface area contributed by atoms with Crippen LogP contribution in [0.3, 0.4) is 0 Å². The van der Waals surface area contributed by atoms with Crippen LogP contribution in [0.2, 0.25) is 0 Å². The molecule has 0 aliphatic carbocycles. The second kappa shape index (κ2) is 7.68. The molecule has 2 aromatic rings. The average molecular weight is 371 g/mol. The van der Waals surface area contributed by atoms with Crippen molar-refractivity contribution < 1.29 is 18.6 Å². The van der Waals surface area contributed by atoms with E-state index in [4.69, 9.17) is 14.2 Å². The van der Waals surface area contributed by atoms with E-state index in [0.29, 0.717) is 19.8 Å². The van der Waals surface area contributed by atoms with Crippen molar-refractivity contribution in [1.82, 2.24) is 4.90 Å². The molecule has 0 aromatic heterocycles. The number of hydrogen-bond acceptors (Lipinski definition) is 4. The maximum absolute atomic E-state index is 13.5. The van der Waals surface area contributed by atoms with Crippen molar-refractivity contribution in [1.29, 1.82) is 0 Å². The van der Waals surface area contributed by atoms with E-state index < -0.39 is 5.60 Å². The van der Waals surface area contributed by atoms with Crippen LogP contribution in [-0.2, 0) is 26.4 Å². The lowest BCUT2D eigenvalue weighted by Crippen LogP contribution is -2.28. The topological polar surface area (TPSA) is 30.9 Å². The van der Waals surface area contributed by atoms with Crippen LogP contribution in [0.1, 0.15) is 41.4 Å². The molecule has 1 fully saturated rings. The minimum atomic E-state index is -0.533. The summed E-state index contributed by atoms with van der Waals surface area (Å²) in [5.41, 5.74) is 3.81. The number of ether oxygens (including phenoxy) is 3. The Kier molecular flexibility index (Phi) is 5.28. The molecule has 0 spiro atoms. The van der Waals surface area contributed by atoms with Gasteiger partial charge in [0.25, 0.3) is 0 Å². The van der Waals surface area contributed by atoms with Crippen LogP contribution in [-0.4, -0.2) is 38.8 Å². The molecule has 2 aliphatic rings. The monoisotopic (exact) mass is 371 g/mol. The molecule has 0 amide bonds. The molecule has 2 aliphatic heterocycles. The highest BCUT2D eigenvalue weighted by molar-refractivity contribution is 5.46. The van der Waals surface area contributed by atoms with E-state index in [1.807, 2.05) is 12.1 Å². The number of hydrogen-bond donors (Lipinski definition) is 0. The van der Waals surface area contributed by atoms with Gasteiger partial charge in [0.2, 0.25) is 0 Å². The summed E-state index contributed by atoms with van der Waals surface area (Å²) in [7, 11) is 4.14. The van der Waals surface area contributed by atoms with Gasteiger partial charge < -0.3 is 19.1 Å². The van der Waals surface area contributed by atoms with Crippen molar-refractivity contribution in [2.45, 2.75) is 31.3 Å². The lowest BCUT2D eigenvalue weighted by atomic mass is 9.81. The molecule has 4 nitrogen and oxygen atoms in total. The normalized spacial score (nSPS) is 22.5. The fourth-order valence-corrected chi connectivity index (χ4v) is 4.06. The second-order valence-corrected chi connectivity index (χ2v) is 7.52. The van der Waals surface area contributed by atoms with Gasteiger partial charge in [-0.1, -0.05) is 24.3 Å². The summed E-state index contributed by atoms with van der Waals surface area (Å²) in [6, 6.07) is 13.0. The first-order valence-electron chi connectivity index (χ1n) is 9.50. The van der Waals surface area contributed by atoms with Gasteiger partial charge in [-0.05, 0) is 68.4 Å². The number of fused-ring (bicyclic) bond motifs is 1. The van der Waals surface area contributed by atoms with Crippen molar-refractivity contribution in [3.8, 4) is 0 Å². The maximum atomic E-state index is 13.5. The Hall–Kier alpha value is -1.79. The summed E-state index contributed by atoms with van der Waals surface area (Å²) in [5.74, 6) is -0.230. The zero-order valence-corrected chi connectivity index (χ0v) is 15.9. The van der Waals surface area contributed by atoms with Crippen LogP contribution in [0.15, 0.2) is 42.5 Å². The standard InChI is InChI=1S/C22H26FNO3/c1-24(2)11-3-10-22(18-5-7-19(23)8-6-18)20-9-4-16(14-17(20)15-27-22)21-25-12-13-26-21/h4-9,14,21H,3,10-13,15H2,1-2H3. The van der Waals surface area contributed by atoms with E-state index in [2.05, 4.69) is 37.2 Å². The van der Waals surface area contributed by atoms with E-state index in [9.17, 15) is 4.39 Å². The first kappa shape index (κ1) is 18.6. The van der Waals surface area contributed by atoms with Gasteiger partial charge in [-0.25, -0.2) is 4.39 Å². The first-order valence-corrected chi connectivity index (χ1v) is 9.50. The highest BCUT2D eigenvalue weighted by Gasteiger charge is 2.41. The first-order chi connectivity index (χ1) is 13.1. The van der Waals surface area contributed by atoms with E-state index >= 15 is 0 Å². The summed E-state index contributed by atoms with van der Waals surface area (Å²) in [6.45, 7) is 2.77. The van der Waals surface area contributed by atoms with E-state index in [-0.39, 0.29) is 12.1 Å². The van der Waals surface area contributed by atoms with Crippen molar-refractivity contribution in [3.63, 3.8) is 0 Å². The van der Waals surface area contributed by atoms with Crippen molar-refractivity contribution in [2.75, 3.05) is 33.9 Å². The highest BCUT2D eigenvalue weighted by atomic mass is 19.1. The summed E-state index contributed by atoms with van der Waals surface area (Å²) in [5, 5.41) is 0. The Morgan fingerprint density at radius 2 is 1.81 bits per heavy atom. The fraction of sp³-hybridized carbons (Fsp3) is 0.455. The molecule has 0 radical (unpaired) electrons. The summed E-state index contributed by atoms with van der Waals surface area (Å²) in [4.78, 5) is 2.17. The van der Waals surface area contributed by atoms with Crippen molar-refractivity contribution >= 4 is 0 Å². The lowest BCUT2D eigenvalue weighted by Gasteiger charge is -2.31. The number of benzene rings is 2. The third-order valence-electron chi connectivity index (χ3n) is 5.38. The van der Waals surface area contributed by atoms with E-state index in [1.54, 1.807) is 0 Å². The molecule has 144 valence electrons. The van der Waals surface area contributed by atoms with E-state index in [0.717, 1.165) is 41.6 Å². The summed E-state index contributed by atoms with van der Waals surface area (Å²) < 4.78 is 31.2. The summed E-state index contributed by atoms with van der Waals surface area (Å²) >= 11 is 0. The maximum Gasteiger partial charge on any atom is 0.184 e. The zero-order chi connectivity index (χ0) is 18.9. The SMILES string of the molecule is CN(C)CCCC1(c2ccc(F)cc2)OCc2cc(C3OCCO3)ccc21. The van der Waals surface area contributed by atoms with Crippen molar-refractivity contribution in [3.05, 3.63) is 70.5 Å². The third kappa shape index (κ3) is 3.65. The van der Waals surface area contributed by atoms with Crippen molar-refractivity contribution in [2.24, 2.45) is 0 Å². The molecule has 0 N–H and O–H groups in total. The minimum Gasteiger partial charge on any atom is -0.361 e. The van der Waals surface area contributed by atoms with Gasteiger partial charge in [0.1, 0.15) is 11.4 Å². The number of halogens is 1. The molecule has 2 aromatic carbocycles. The second-order valence-electron chi connectivity index (χ2n) is 7.52. The molecular formula is C22H26FNO3. The Morgan fingerprint density at radius 3 is 2.52 bits per heavy atom. The molecule has 5 heteroatoms. The van der Waals surface area contributed by atoms with Gasteiger partial charge in [-0.3, -0.25) is 0 Å². The Bertz CT molecular complexity index is 787. The largest absolute Gasteiger partial charge is 0.361 e. The molecule has 27 heavy (non-hydrogen) atoms. The van der Waals surface area contributed by atoms with Crippen LogP contribution in [0.25, 0.3) is 0 Å². The highest BCUT2D eigenvalue weighted by Crippen LogP contribution is 2.46. The molecule has 1 saturated heterocycles. The number of nitrogens with zero attached hydrogens (tertiary/aromatic N) is 1. The Balaban J connectivity index is 1.69. The lowest BCUT2D eigenvalue weighted by molar-refractivity contribution is -0.0441. The molecule has 1 unspecified atom stereocenters. The zero-order valence-electron chi connectivity index (χ0n) is 15.9. The smallest absolute Gasteiger partial charge is 0.184 e. The van der Waals surface area contributed by atoms with Gasteiger partial charge in [0.05, 0.1) is 19.8 Å². The van der Waals surface area contributed by atoms with Crippen LogP contribution < -0.4 is 0 Å². The Labute approximate surface area is 159 Å². The van der Waals surface area contributed by atoms with Gasteiger partial charge in [0.15, 0.2) is 6.29 Å². The van der Waals surface area contributed by atoms with Gasteiger partial charge in [-0.2, -0.15) is 0 Å². The predicted octanol–water partition coefficient (Wildman–Crippen LogP) is 3.99. The molecule has 0 saturated carbocycles. The van der Waals surface area contributed by atoms with E-state index in [1.165, 1.54) is 12.1 Å². The Morgan fingerprint density at radius 1 is 1.07 bits per heavy atom. The van der Waals surface area contributed by atoms with Gasteiger partial charge in [0, 0.05) is 5.56 Å². The molecule has 2 heterocycles. The summed E-state index contributed by atoms with van der Waals surface area (Å²) in [6.07, 6.45) is 1.55. The third-order valence-corrected chi connectivity index (χ3v) is 5.38. The van der Waals surface area contributed by atoms with Crippen LogP contribution >= 0.6 is 0 Å². The number of rotatable bonds is 6. The van der Waals surface area contributed by atoms with Crippen LogP contribution in [0.4, 0.5) is 4.39 Å². The fourth-order valence-electron chi connectivity index (χ4n) is 4.06. The van der Waals surface area contributed by atoms with Gasteiger partial charge >= 0.3 is 0 Å². The van der Waals surface area contributed by atoms with Crippen LogP contribution in [0.5, 0.6) is 0 Å². The molecule has 1 atom stereocenters. The quantitative estimate of drug-likeness (QED) is 0.768. The minimum absolute atomic E-state index is 0.230. The average Bonchev–Trinajstić information content (AvgIpc) is 3.31.